The highest BCUT2D eigenvalue weighted by Gasteiger charge is 2.33. The molecule has 1 aliphatic heterocycles. The first-order valence-electron chi connectivity index (χ1n) is 6.13. The number of benzene rings is 1. The molecule has 0 saturated carbocycles. The fraction of sp³-hybridized carbons (Fsp3) is 0.500. The molecule has 0 aromatic heterocycles. The van der Waals surface area contributed by atoms with E-state index >= 15 is 0 Å². The Bertz CT molecular complexity index is 569. The van der Waals surface area contributed by atoms with Crippen LogP contribution < -0.4 is 5.32 Å². The summed E-state index contributed by atoms with van der Waals surface area (Å²) in [7, 11) is -3.75. The smallest absolute Gasteiger partial charge is 0.314 e. The summed E-state index contributed by atoms with van der Waals surface area (Å²) in [4.78, 5) is -0.112. The molecule has 1 aromatic rings. The standard InChI is InChI=1S/C12H15F3N2O2S/c1-9-8-16-6-7-17(9)20(18,19)11-4-2-10(3-5-11)12(13,14)15/h2-5,9,16H,6-8H2,1H3. The monoisotopic (exact) mass is 308 g/mol. The van der Waals surface area contributed by atoms with E-state index in [0.717, 1.165) is 24.3 Å². The fourth-order valence-electron chi connectivity index (χ4n) is 2.13. The van der Waals surface area contributed by atoms with Gasteiger partial charge in [0.15, 0.2) is 0 Å². The van der Waals surface area contributed by atoms with Gasteiger partial charge >= 0.3 is 6.18 Å². The van der Waals surface area contributed by atoms with Gasteiger partial charge in [0.1, 0.15) is 0 Å². The van der Waals surface area contributed by atoms with E-state index in [1.807, 2.05) is 0 Å². The summed E-state index contributed by atoms with van der Waals surface area (Å²) >= 11 is 0. The molecule has 1 aromatic carbocycles. The van der Waals surface area contributed by atoms with Crippen LogP contribution in [0.15, 0.2) is 29.2 Å². The molecular formula is C12H15F3N2O2S. The highest BCUT2D eigenvalue weighted by atomic mass is 32.2. The van der Waals surface area contributed by atoms with Crippen LogP contribution in [0, 0.1) is 0 Å². The molecule has 0 amide bonds. The number of hydrogen-bond acceptors (Lipinski definition) is 3. The Balaban J connectivity index is 2.30. The molecule has 1 saturated heterocycles. The van der Waals surface area contributed by atoms with Gasteiger partial charge in [0.2, 0.25) is 10.0 Å². The Labute approximate surface area is 115 Å². The second-order valence-corrected chi connectivity index (χ2v) is 6.58. The Morgan fingerprint density at radius 1 is 1.25 bits per heavy atom. The van der Waals surface area contributed by atoms with Crippen LogP contribution in [-0.2, 0) is 16.2 Å². The Morgan fingerprint density at radius 2 is 1.85 bits per heavy atom. The number of halogens is 3. The van der Waals surface area contributed by atoms with Crippen molar-refractivity contribution in [3.8, 4) is 0 Å². The predicted octanol–water partition coefficient (Wildman–Crippen LogP) is 1.69. The van der Waals surface area contributed by atoms with E-state index in [-0.39, 0.29) is 10.9 Å². The number of sulfonamides is 1. The second-order valence-electron chi connectivity index (χ2n) is 4.69. The Morgan fingerprint density at radius 3 is 2.35 bits per heavy atom. The molecule has 2 rings (SSSR count). The van der Waals surface area contributed by atoms with Crippen LogP contribution in [0.4, 0.5) is 13.2 Å². The average molecular weight is 308 g/mol. The number of alkyl halides is 3. The van der Waals surface area contributed by atoms with E-state index in [4.69, 9.17) is 0 Å². The molecule has 8 heteroatoms. The van der Waals surface area contributed by atoms with Gasteiger partial charge in [0, 0.05) is 25.7 Å². The maximum Gasteiger partial charge on any atom is 0.416 e. The van der Waals surface area contributed by atoms with Gasteiger partial charge in [-0.3, -0.25) is 0 Å². The van der Waals surface area contributed by atoms with Crippen molar-refractivity contribution < 1.29 is 21.6 Å². The van der Waals surface area contributed by atoms with Gasteiger partial charge < -0.3 is 5.32 Å². The number of nitrogens with one attached hydrogen (secondary N) is 1. The molecule has 1 aliphatic rings. The SMILES string of the molecule is CC1CNCCN1S(=O)(=O)c1ccc(C(F)(F)F)cc1. The van der Waals surface area contributed by atoms with Crippen LogP contribution in [0.25, 0.3) is 0 Å². The quantitative estimate of drug-likeness (QED) is 0.904. The van der Waals surface area contributed by atoms with Gasteiger partial charge in [-0.15, -0.1) is 0 Å². The van der Waals surface area contributed by atoms with Crippen molar-refractivity contribution in [1.29, 1.82) is 0 Å². The first-order chi connectivity index (χ1) is 9.23. The maximum atomic E-state index is 12.5. The maximum absolute atomic E-state index is 12.5. The first kappa shape index (κ1) is 15.3. The summed E-state index contributed by atoms with van der Waals surface area (Å²) < 4.78 is 63.5. The van der Waals surface area contributed by atoms with Crippen LogP contribution in [-0.4, -0.2) is 38.4 Å². The summed E-state index contributed by atoms with van der Waals surface area (Å²) in [6, 6.07) is 3.37. The lowest BCUT2D eigenvalue weighted by Gasteiger charge is -2.32. The molecule has 4 nitrogen and oxygen atoms in total. The summed E-state index contributed by atoms with van der Waals surface area (Å²) in [5, 5.41) is 3.06. The van der Waals surface area contributed by atoms with Gasteiger partial charge in [-0.25, -0.2) is 8.42 Å². The zero-order valence-electron chi connectivity index (χ0n) is 10.8. The van der Waals surface area contributed by atoms with E-state index in [9.17, 15) is 21.6 Å². The Kier molecular flexibility index (Phi) is 4.08. The van der Waals surface area contributed by atoms with Crippen LogP contribution in [0.1, 0.15) is 12.5 Å². The van der Waals surface area contributed by atoms with Crippen molar-refractivity contribution in [2.24, 2.45) is 0 Å². The molecule has 0 spiro atoms. The van der Waals surface area contributed by atoms with E-state index in [0.29, 0.717) is 19.6 Å². The minimum atomic E-state index is -4.47. The summed E-state index contributed by atoms with van der Waals surface area (Å²) in [6.07, 6.45) is -4.47. The van der Waals surface area contributed by atoms with Gasteiger partial charge in [-0.1, -0.05) is 0 Å². The first-order valence-corrected chi connectivity index (χ1v) is 7.57. The summed E-state index contributed by atoms with van der Waals surface area (Å²) in [5.41, 5.74) is -0.857. The summed E-state index contributed by atoms with van der Waals surface area (Å²) in [6.45, 7) is 3.13. The number of hydrogen-bond donors (Lipinski definition) is 1. The zero-order chi connectivity index (χ0) is 15.0. The molecule has 1 heterocycles. The average Bonchev–Trinajstić information content (AvgIpc) is 2.38. The third kappa shape index (κ3) is 2.97. The van der Waals surface area contributed by atoms with Gasteiger partial charge in [-0.05, 0) is 31.2 Å². The Hall–Kier alpha value is -1.12. The number of rotatable bonds is 2. The molecule has 0 radical (unpaired) electrons. The molecule has 1 N–H and O–H groups in total. The largest absolute Gasteiger partial charge is 0.416 e. The molecule has 112 valence electrons. The zero-order valence-corrected chi connectivity index (χ0v) is 11.6. The topological polar surface area (TPSA) is 49.4 Å². The lowest BCUT2D eigenvalue weighted by atomic mass is 10.2. The predicted molar refractivity (Wildman–Crippen MR) is 67.7 cm³/mol. The van der Waals surface area contributed by atoms with Crippen molar-refractivity contribution in [1.82, 2.24) is 9.62 Å². The van der Waals surface area contributed by atoms with Gasteiger partial charge in [-0.2, -0.15) is 17.5 Å². The van der Waals surface area contributed by atoms with Crippen molar-refractivity contribution in [3.05, 3.63) is 29.8 Å². The van der Waals surface area contributed by atoms with Crippen LogP contribution in [0.2, 0.25) is 0 Å². The van der Waals surface area contributed by atoms with E-state index in [2.05, 4.69) is 5.32 Å². The highest BCUT2D eigenvalue weighted by molar-refractivity contribution is 7.89. The van der Waals surface area contributed by atoms with E-state index in [1.165, 1.54) is 4.31 Å². The van der Waals surface area contributed by atoms with Crippen LogP contribution in [0.5, 0.6) is 0 Å². The second kappa shape index (κ2) is 5.34. The number of nitrogens with zero attached hydrogens (tertiary/aromatic N) is 1. The minimum absolute atomic E-state index is 0.112. The van der Waals surface area contributed by atoms with E-state index < -0.39 is 21.8 Å². The highest BCUT2D eigenvalue weighted by Crippen LogP contribution is 2.30. The van der Waals surface area contributed by atoms with Crippen LogP contribution in [0.3, 0.4) is 0 Å². The molecule has 1 atom stereocenters. The van der Waals surface area contributed by atoms with E-state index in [1.54, 1.807) is 6.92 Å². The molecule has 0 aliphatic carbocycles. The van der Waals surface area contributed by atoms with Crippen molar-refractivity contribution in [2.45, 2.75) is 24.0 Å². The van der Waals surface area contributed by atoms with Crippen molar-refractivity contribution >= 4 is 10.0 Å². The molecule has 1 fully saturated rings. The molecule has 20 heavy (non-hydrogen) atoms. The molecule has 0 bridgehead atoms. The van der Waals surface area contributed by atoms with Crippen molar-refractivity contribution in [2.75, 3.05) is 19.6 Å². The molecule has 1 unspecified atom stereocenters. The third-order valence-electron chi connectivity index (χ3n) is 3.23. The van der Waals surface area contributed by atoms with Gasteiger partial charge in [0.05, 0.1) is 10.5 Å². The van der Waals surface area contributed by atoms with Crippen molar-refractivity contribution in [3.63, 3.8) is 0 Å². The fourth-order valence-corrected chi connectivity index (χ4v) is 3.76. The van der Waals surface area contributed by atoms with Crippen LogP contribution >= 0.6 is 0 Å². The lowest BCUT2D eigenvalue weighted by Crippen LogP contribution is -2.52. The number of piperazine rings is 1. The van der Waals surface area contributed by atoms with Gasteiger partial charge in [0.25, 0.3) is 0 Å². The third-order valence-corrected chi connectivity index (χ3v) is 5.26. The molecular weight excluding hydrogens is 293 g/mol. The minimum Gasteiger partial charge on any atom is -0.314 e. The lowest BCUT2D eigenvalue weighted by molar-refractivity contribution is -0.137. The normalized spacial score (nSPS) is 21.9. The summed E-state index contributed by atoms with van der Waals surface area (Å²) in [5.74, 6) is 0.